The van der Waals surface area contributed by atoms with Crippen LogP contribution in [0.15, 0.2) is 33.3 Å². The molecular formula is C18H23BrN2O3. The van der Waals surface area contributed by atoms with Gasteiger partial charge in [0.05, 0.1) is 5.69 Å². The standard InChI is InChI=1S/C18H23BrN2O3/c1-4-12(5-2)15-10-17(24-20-15)18(23)21(6-3)11-13-9-14(19)7-8-16(13)22/h7-10,12,22H,4-6,11H2,1-3H3. The predicted molar refractivity (Wildman–Crippen MR) is 96.0 cm³/mol. The largest absolute Gasteiger partial charge is 0.508 e. The van der Waals surface area contributed by atoms with Gasteiger partial charge in [0.1, 0.15) is 5.75 Å². The summed E-state index contributed by atoms with van der Waals surface area (Å²) in [6, 6.07) is 6.91. The van der Waals surface area contributed by atoms with E-state index >= 15 is 0 Å². The van der Waals surface area contributed by atoms with Gasteiger partial charge in [0.2, 0.25) is 5.76 Å². The van der Waals surface area contributed by atoms with E-state index < -0.39 is 0 Å². The Morgan fingerprint density at radius 2 is 2.00 bits per heavy atom. The fraction of sp³-hybridized carbons (Fsp3) is 0.444. The number of aromatic nitrogens is 1. The van der Waals surface area contributed by atoms with E-state index in [-0.39, 0.29) is 17.4 Å². The number of nitrogens with zero attached hydrogens (tertiary/aromatic N) is 2. The molecule has 0 atom stereocenters. The Hall–Kier alpha value is -1.82. The molecule has 0 aliphatic carbocycles. The Balaban J connectivity index is 2.18. The predicted octanol–water partition coefficient (Wildman–Crippen LogP) is 4.71. The highest BCUT2D eigenvalue weighted by Crippen LogP contribution is 2.25. The molecule has 0 aliphatic heterocycles. The molecule has 0 fully saturated rings. The molecule has 0 saturated carbocycles. The van der Waals surface area contributed by atoms with Crippen LogP contribution in [-0.4, -0.2) is 27.6 Å². The van der Waals surface area contributed by atoms with E-state index in [4.69, 9.17) is 4.52 Å². The second kappa shape index (κ2) is 8.33. The third-order valence-corrected chi connectivity index (χ3v) is 4.71. The van der Waals surface area contributed by atoms with E-state index in [2.05, 4.69) is 34.9 Å². The number of halogens is 1. The first-order valence-corrected chi connectivity index (χ1v) is 9.02. The summed E-state index contributed by atoms with van der Waals surface area (Å²) in [5.41, 5.74) is 1.50. The smallest absolute Gasteiger partial charge is 0.292 e. The number of phenols is 1. The Labute approximate surface area is 150 Å². The lowest BCUT2D eigenvalue weighted by atomic mass is 9.99. The average Bonchev–Trinajstić information content (AvgIpc) is 3.06. The summed E-state index contributed by atoms with van der Waals surface area (Å²) in [5, 5.41) is 14.0. The summed E-state index contributed by atoms with van der Waals surface area (Å²) >= 11 is 3.38. The SMILES string of the molecule is CCC(CC)c1cc(C(=O)N(CC)Cc2cc(Br)ccc2O)on1. The van der Waals surface area contributed by atoms with Gasteiger partial charge in [-0.1, -0.05) is 34.9 Å². The average molecular weight is 395 g/mol. The number of amides is 1. The Morgan fingerprint density at radius 1 is 1.29 bits per heavy atom. The minimum absolute atomic E-state index is 0.166. The number of phenolic OH excluding ortho intramolecular Hbond substituents is 1. The molecule has 1 amide bonds. The first-order valence-electron chi connectivity index (χ1n) is 8.23. The van der Waals surface area contributed by atoms with Crippen LogP contribution in [0.3, 0.4) is 0 Å². The zero-order valence-electron chi connectivity index (χ0n) is 14.3. The maximum absolute atomic E-state index is 12.7. The van der Waals surface area contributed by atoms with E-state index in [1.807, 2.05) is 6.92 Å². The molecule has 0 bridgehead atoms. The van der Waals surface area contributed by atoms with E-state index in [0.717, 1.165) is 23.0 Å². The molecular weight excluding hydrogens is 372 g/mol. The van der Waals surface area contributed by atoms with Gasteiger partial charge in [-0.15, -0.1) is 0 Å². The fourth-order valence-electron chi connectivity index (χ4n) is 2.66. The summed E-state index contributed by atoms with van der Waals surface area (Å²) in [6.07, 6.45) is 1.92. The lowest BCUT2D eigenvalue weighted by Gasteiger charge is -2.20. The molecule has 5 nitrogen and oxygen atoms in total. The van der Waals surface area contributed by atoms with Crippen LogP contribution < -0.4 is 0 Å². The molecule has 1 heterocycles. The van der Waals surface area contributed by atoms with Crippen molar-refractivity contribution in [2.75, 3.05) is 6.54 Å². The van der Waals surface area contributed by atoms with Crippen molar-refractivity contribution in [2.45, 2.75) is 46.1 Å². The second-order valence-corrected chi connectivity index (χ2v) is 6.64. The number of benzene rings is 1. The van der Waals surface area contributed by atoms with Gasteiger partial charge in [-0.05, 0) is 38.0 Å². The van der Waals surface area contributed by atoms with Gasteiger partial charge in [0.25, 0.3) is 5.91 Å². The quantitative estimate of drug-likeness (QED) is 0.738. The normalized spacial score (nSPS) is 11.0. The Bertz CT molecular complexity index is 695. The van der Waals surface area contributed by atoms with Crippen molar-refractivity contribution in [3.8, 4) is 5.75 Å². The maximum Gasteiger partial charge on any atom is 0.292 e. The van der Waals surface area contributed by atoms with Gasteiger partial charge in [-0.3, -0.25) is 4.79 Å². The molecule has 6 heteroatoms. The zero-order valence-corrected chi connectivity index (χ0v) is 15.8. The molecule has 0 unspecified atom stereocenters. The third-order valence-electron chi connectivity index (χ3n) is 4.21. The highest BCUT2D eigenvalue weighted by molar-refractivity contribution is 9.10. The Morgan fingerprint density at radius 3 is 2.62 bits per heavy atom. The van der Waals surface area contributed by atoms with Gasteiger partial charge in [-0.25, -0.2) is 0 Å². The molecule has 2 aromatic rings. The molecule has 24 heavy (non-hydrogen) atoms. The minimum atomic E-state index is -0.221. The minimum Gasteiger partial charge on any atom is -0.508 e. The van der Waals surface area contributed by atoms with Crippen molar-refractivity contribution >= 4 is 21.8 Å². The molecule has 1 aromatic heterocycles. The van der Waals surface area contributed by atoms with Crippen LogP contribution in [0.4, 0.5) is 0 Å². The van der Waals surface area contributed by atoms with Gasteiger partial charge in [0, 0.05) is 35.1 Å². The van der Waals surface area contributed by atoms with Crippen molar-refractivity contribution < 1.29 is 14.4 Å². The monoisotopic (exact) mass is 394 g/mol. The number of aromatic hydroxyl groups is 1. The van der Waals surface area contributed by atoms with E-state index in [0.29, 0.717) is 24.6 Å². The maximum atomic E-state index is 12.7. The third kappa shape index (κ3) is 4.17. The van der Waals surface area contributed by atoms with Crippen LogP contribution in [0, 0.1) is 0 Å². The Kier molecular flexibility index (Phi) is 6.43. The van der Waals surface area contributed by atoms with Gasteiger partial charge < -0.3 is 14.5 Å². The summed E-state index contributed by atoms with van der Waals surface area (Å²) in [4.78, 5) is 14.3. The van der Waals surface area contributed by atoms with Crippen molar-refractivity contribution in [2.24, 2.45) is 0 Å². The molecule has 0 aliphatic rings. The van der Waals surface area contributed by atoms with Crippen LogP contribution in [0.1, 0.15) is 61.3 Å². The van der Waals surface area contributed by atoms with Crippen LogP contribution in [-0.2, 0) is 6.54 Å². The molecule has 0 spiro atoms. The molecule has 130 valence electrons. The molecule has 1 N–H and O–H groups in total. The number of hydrogen-bond acceptors (Lipinski definition) is 4. The first kappa shape index (κ1) is 18.5. The fourth-order valence-corrected chi connectivity index (χ4v) is 3.07. The number of hydrogen-bond donors (Lipinski definition) is 1. The van der Waals surface area contributed by atoms with Crippen LogP contribution >= 0.6 is 15.9 Å². The first-order chi connectivity index (χ1) is 11.5. The van der Waals surface area contributed by atoms with Gasteiger partial charge >= 0.3 is 0 Å². The van der Waals surface area contributed by atoms with E-state index in [1.54, 1.807) is 29.2 Å². The lowest BCUT2D eigenvalue weighted by Crippen LogP contribution is -2.30. The molecule has 0 radical (unpaired) electrons. The highest BCUT2D eigenvalue weighted by Gasteiger charge is 2.22. The second-order valence-electron chi connectivity index (χ2n) is 5.72. The van der Waals surface area contributed by atoms with Gasteiger partial charge in [-0.2, -0.15) is 0 Å². The zero-order chi connectivity index (χ0) is 17.7. The molecule has 1 aromatic carbocycles. The van der Waals surface area contributed by atoms with Crippen molar-refractivity contribution in [1.82, 2.24) is 10.1 Å². The lowest BCUT2D eigenvalue weighted by molar-refractivity contribution is 0.0709. The molecule has 0 saturated heterocycles. The van der Waals surface area contributed by atoms with E-state index in [9.17, 15) is 9.90 Å². The highest BCUT2D eigenvalue weighted by atomic mass is 79.9. The van der Waals surface area contributed by atoms with Crippen molar-refractivity contribution in [3.05, 3.63) is 45.8 Å². The summed E-state index contributed by atoms with van der Waals surface area (Å²) in [5.74, 6) is 0.494. The number of rotatable bonds is 7. The van der Waals surface area contributed by atoms with Crippen molar-refractivity contribution in [1.29, 1.82) is 0 Å². The van der Waals surface area contributed by atoms with Crippen LogP contribution in [0.5, 0.6) is 5.75 Å². The summed E-state index contributed by atoms with van der Waals surface area (Å²) < 4.78 is 6.13. The van der Waals surface area contributed by atoms with E-state index in [1.165, 1.54) is 0 Å². The van der Waals surface area contributed by atoms with Crippen LogP contribution in [0.2, 0.25) is 0 Å². The van der Waals surface area contributed by atoms with Crippen LogP contribution in [0.25, 0.3) is 0 Å². The topological polar surface area (TPSA) is 66.6 Å². The molecule has 2 rings (SSSR count). The summed E-state index contributed by atoms with van der Waals surface area (Å²) in [6.45, 7) is 6.90. The number of carbonyl (C=O) groups is 1. The van der Waals surface area contributed by atoms with Gasteiger partial charge in [0.15, 0.2) is 0 Å². The number of carbonyl (C=O) groups excluding carboxylic acids is 1. The summed E-state index contributed by atoms with van der Waals surface area (Å²) in [7, 11) is 0. The van der Waals surface area contributed by atoms with Crippen molar-refractivity contribution in [3.63, 3.8) is 0 Å².